The number of halogens is 1. The van der Waals surface area contributed by atoms with Crippen molar-refractivity contribution in [1.82, 2.24) is 14.9 Å². The van der Waals surface area contributed by atoms with E-state index in [1.807, 2.05) is 23.2 Å². The minimum absolute atomic E-state index is 0.0192. The summed E-state index contributed by atoms with van der Waals surface area (Å²) in [7, 11) is 0. The largest absolute Gasteiger partial charge is 0.346 e. The summed E-state index contributed by atoms with van der Waals surface area (Å²) >= 11 is 5.50. The summed E-state index contributed by atoms with van der Waals surface area (Å²) in [5, 5.41) is 3.03. The average molecular weight is 364 g/mol. The molecule has 1 heterocycles. The lowest BCUT2D eigenvalue weighted by molar-refractivity contribution is -0.117. The van der Waals surface area contributed by atoms with Gasteiger partial charge >= 0.3 is 0 Å². The number of rotatable bonds is 4. The van der Waals surface area contributed by atoms with Crippen molar-refractivity contribution in [1.29, 1.82) is 0 Å². The van der Waals surface area contributed by atoms with E-state index < -0.39 is 0 Å². The van der Waals surface area contributed by atoms with Gasteiger partial charge in [-0.2, -0.15) is 0 Å². The molecule has 0 saturated heterocycles. The number of carbonyl (C=O) groups is 1. The van der Waals surface area contributed by atoms with Crippen molar-refractivity contribution in [2.75, 3.05) is 0 Å². The second-order valence-electron chi connectivity index (χ2n) is 6.25. The Bertz CT molecular complexity index is 963. The van der Waals surface area contributed by atoms with E-state index in [9.17, 15) is 4.79 Å². The lowest BCUT2D eigenvalue weighted by Gasteiger charge is -2.16. The standard InChI is InChI=1S/C21H18ClN3O/c22-11-10-21(26)24-19-9-8-16-15(5-3-6-17(16)19)18-4-1-2-7-20(18)25-13-12-23-14-25/h1-7,10-14,19H,8-9H2,(H,24,26). The molecule has 2 aromatic carbocycles. The molecule has 130 valence electrons. The predicted octanol–water partition coefficient (Wildman–Crippen LogP) is 4.40. The Hall–Kier alpha value is -2.85. The van der Waals surface area contributed by atoms with Crippen molar-refractivity contribution in [2.24, 2.45) is 0 Å². The van der Waals surface area contributed by atoms with Gasteiger partial charge in [0.25, 0.3) is 0 Å². The first kappa shape index (κ1) is 16.6. The fourth-order valence-corrected chi connectivity index (χ4v) is 3.78. The fourth-order valence-electron chi connectivity index (χ4n) is 3.66. The molecular weight excluding hydrogens is 346 g/mol. The van der Waals surface area contributed by atoms with Gasteiger partial charge in [0.05, 0.1) is 18.1 Å². The molecule has 1 aliphatic carbocycles. The van der Waals surface area contributed by atoms with Gasteiger partial charge < -0.3 is 9.88 Å². The molecule has 3 aromatic rings. The van der Waals surface area contributed by atoms with Crippen molar-refractivity contribution >= 4 is 17.5 Å². The minimum atomic E-state index is -0.165. The van der Waals surface area contributed by atoms with E-state index in [1.165, 1.54) is 28.3 Å². The van der Waals surface area contributed by atoms with Crippen LogP contribution < -0.4 is 5.32 Å². The monoisotopic (exact) mass is 363 g/mol. The number of para-hydroxylation sites is 1. The maximum atomic E-state index is 11.9. The SMILES string of the molecule is O=C(C=CCl)NC1CCc2c(-c3ccccc3-n3ccnc3)cccc21. The maximum Gasteiger partial charge on any atom is 0.245 e. The number of nitrogens with one attached hydrogen (secondary N) is 1. The van der Waals surface area contributed by atoms with Gasteiger partial charge in [0.15, 0.2) is 0 Å². The molecular formula is C21H18ClN3O. The second kappa shape index (κ2) is 7.18. The Kier molecular flexibility index (Phi) is 4.59. The van der Waals surface area contributed by atoms with E-state index in [-0.39, 0.29) is 11.9 Å². The molecule has 5 heteroatoms. The summed E-state index contributed by atoms with van der Waals surface area (Å²) in [4.78, 5) is 16.0. The molecule has 1 atom stereocenters. The van der Waals surface area contributed by atoms with Gasteiger partial charge in [0, 0.05) is 29.6 Å². The third-order valence-corrected chi connectivity index (χ3v) is 4.90. The molecule has 0 saturated carbocycles. The summed E-state index contributed by atoms with van der Waals surface area (Å²) in [5.41, 5.74) is 7.17. The van der Waals surface area contributed by atoms with E-state index in [1.54, 1.807) is 6.20 Å². The number of hydrogen-bond acceptors (Lipinski definition) is 2. The minimum Gasteiger partial charge on any atom is -0.346 e. The van der Waals surface area contributed by atoms with Crippen LogP contribution in [0.5, 0.6) is 0 Å². The van der Waals surface area contributed by atoms with Crippen LogP contribution in [-0.2, 0) is 11.2 Å². The summed E-state index contributed by atoms with van der Waals surface area (Å²) in [6.45, 7) is 0. The lowest BCUT2D eigenvalue weighted by Crippen LogP contribution is -2.25. The van der Waals surface area contributed by atoms with E-state index in [2.05, 4.69) is 46.7 Å². The molecule has 0 spiro atoms. The summed E-state index contributed by atoms with van der Waals surface area (Å²) < 4.78 is 2.02. The van der Waals surface area contributed by atoms with Crippen molar-refractivity contribution in [2.45, 2.75) is 18.9 Å². The summed E-state index contributed by atoms with van der Waals surface area (Å²) in [6, 6.07) is 14.6. The van der Waals surface area contributed by atoms with Gasteiger partial charge in [0.1, 0.15) is 0 Å². The smallest absolute Gasteiger partial charge is 0.245 e. The second-order valence-corrected chi connectivity index (χ2v) is 6.50. The zero-order chi connectivity index (χ0) is 17.9. The predicted molar refractivity (Wildman–Crippen MR) is 103 cm³/mol. The highest BCUT2D eigenvalue weighted by molar-refractivity contribution is 6.26. The Balaban J connectivity index is 1.75. The number of carbonyl (C=O) groups excluding carboxylic acids is 1. The average Bonchev–Trinajstić information content (AvgIpc) is 3.32. The normalized spacial score (nSPS) is 16.0. The Morgan fingerprint density at radius 3 is 2.85 bits per heavy atom. The van der Waals surface area contributed by atoms with Crippen molar-refractivity contribution in [3.05, 3.63) is 83.9 Å². The van der Waals surface area contributed by atoms with E-state index in [0.717, 1.165) is 24.1 Å². The molecule has 0 aliphatic heterocycles. The van der Waals surface area contributed by atoms with Crippen LogP contribution in [0, 0.1) is 0 Å². The maximum absolute atomic E-state index is 11.9. The molecule has 4 nitrogen and oxygen atoms in total. The van der Waals surface area contributed by atoms with Gasteiger partial charge in [-0.05, 0) is 35.6 Å². The van der Waals surface area contributed by atoms with Crippen LogP contribution in [0.4, 0.5) is 0 Å². The van der Waals surface area contributed by atoms with Crippen molar-refractivity contribution < 1.29 is 4.79 Å². The fraction of sp³-hybridized carbons (Fsp3) is 0.143. The van der Waals surface area contributed by atoms with E-state index in [4.69, 9.17) is 11.6 Å². The van der Waals surface area contributed by atoms with Crippen LogP contribution in [0.15, 0.2) is 72.8 Å². The molecule has 1 aromatic heterocycles. The molecule has 0 radical (unpaired) electrons. The summed E-state index contributed by atoms with van der Waals surface area (Å²) in [6.07, 6.45) is 8.70. The quantitative estimate of drug-likeness (QED) is 0.698. The molecule has 0 bridgehead atoms. The highest BCUT2D eigenvalue weighted by Crippen LogP contribution is 2.39. The van der Waals surface area contributed by atoms with Gasteiger partial charge in [-0.1, -0.05) is 48.0 Å². The van der Waals surface area contributed by atoms with E-state index in [0.29, 0.717) is 0 Å². The number of hydrogen-bond donors (Lipinski definition) is 1. The molecule has 1 unspecified atom stereocenters. The molecule has 1 amide bonds. The number of imidazole rings is 1. The van der Waals surface area contributed by atoms with Crippen LogP contribution >= 0.6 is 11.6 Å². The van der Waals surface area contributed by atoms with Gasteiger partial charge in [-0.15, -0.1) is 0 Å². The van der Waals surface area contributed by atoms with Crippen molar-refractivity contribution in [3.63, 3.8) is 0 Å². The van der Waals surface area contributed by atoms with E-state index >= 15 is 0 Å². The molecule has 4 rings (SSSR count). The Morgan fingerprint density at radius 1 is 1.19 bits per heavy atom. The first-order valence-electron chi connectivity index (χ1n) is 8.54. The summed E-state index contributed by atoms with van der Waals surface area (Å²) in [5.74, 6) is -0.165. The first-order chi connectivity index (χ1) is 12.8. The molecule has 1 aliphatic rings. The molecule has 0 fully saturated rings. The number of fused-ring (bicyclic) bond motifs is 1. The topological polar surface area (TPSA) is 46.9 Å². The Morgan fingerprint density at radius 2 is 2.04 bits per heavy atom. The van der Waals surface area contributed by atoms with Crippen LogP contribution in [0.3, 0.4) is 0 Å². The number of nitrogens with zero attached hydrogens (tertiary/aromatic N) is 2. The number of benzene rings is 2. The number of aromatic nitrogens is 2. The van der Waals surface area contributed by atoms with Crippen LogP contribution in [0.1, 0.15) is 23.6 Å². The van der Waals surface area contributed by atoms with Gasteiger partial charge in [-0.3, -0.25) is 4.79 Å². The van der Waals surface area contributed by atoms with Crippen LogP contribution in [-0.4, -0.2) is 15.5 Å². The molecule has 1 N–H and O–H groups in total. The third-order valence-electron chi connectivity index (χ3n) is 4.78. The highest BCUT2D eigenvalue weighted by Gasteiger charge is 2.26. The van der Waals surface area contributed by atoms with Gasteiger partial charge in [-0.25, -0.2) is 4.98 Å². The lowest BCUT2D eigenvalue weighted by atomic mass is 9.95. The third kappa shape index (κ3) is 3.04. The Labute approximate surface area is 157 Å². The number of amides is 1. The van der Waals surface area contributed by atoms with Gasteiger partial charge in [0.2, 0.25) is 5.91 Å². The zero-order valence-electron chi connectivity index (χ0n) is 14.1. The zero-order valence-corrected chi connectivity index (χ0v) is 14.9. The first-order valence-corrected chi connectivity index (χ1v) is 8.98. The highest BCUT2D eigenvalue weighted by atomic mass is 35.5. The molecule has 26 heavy (non-hydrogen) atoms. The van der Waals surface area contributed by atoms with Crippen LogP contribution in [0.25, 0.3) is 16.8 Å². The van der Waals surface area contributed by atoms with Crippen LogP contribution in [0.2, 0.25) is 0 Å². The van der Waals surface area contributed by atoms with Crippen molar-refractivity contribution in [3.8, 4) is 16.8 Å².